The van der Waals surface area contributed by atoms with Crippen LogP contribution in [0, 0.1) is 0 Å². The first-order valence-electron chi connectivity index (χ1n) is 9.28. The highest BCUT2D eigenvalue weighted by atomic mass is 79.9. The quantitative estimate of drug-likeness (QED) is 0.555. The van der Waals surface area contributed by atoms with Crippen molar-refractivity contribution in [1.82, 2.24) is 5.16 Å². The number of aromatic nitrogens is 1. The highest BCUT2D eigenvalue weighted by molar-refractivity contribution is 9.10. The molecule has 0 radical (unpaired) electrons. The van der Waals surface area contributed by atoms with Crippen molar-refractivity contribution in [3.05, 3.63) is 58.1 Å². The van der Waals surface area contributed by atoms with E-state index in [4.69, 9.17) is 9.26 Å². The van der Waals surface area contributed by atoms with Crippen molar-refractivity contribution >= 4 is 31.8 Å². The fourth-order valence-electron chi connectivity index (χ4n) is 4.21. The molecular weight excluding hydrogens is 456 g/mol. The van der Waals surface area contributed by atoms with E-state index in [0.717, 1.165) is 34.9 Å². The molecule has 29 heavy (non-hydrogen) atoms. The summed E-state index contributed by atoms with van der Waals surface area (Å²) in [5, 5.41) is 4.18. The number of rotatable bonds is 4. The first-order chi connectivity index (χ1) is 13.9. The van der Waals surface area contributed by atoms with E-state index < -0.39 is 10.0 Å². The molecule has 2 aliphatic rings. The van der Waals surface area contributed by atoms with Gasteiger partial charge in [-0.3, -0.25) is 0 Å². The molecule has 150 valence electrons. The van der Waals surface area contributed by atoms with Crippen molar-refractivity contribution in [2.24, 2.45) is 0 Å². The molecule has 5 rings (SSSR count). The third kappa shape index (κ3) is 2.73. The molecule has 1 saturated carbocycles. The Morgan fingerprint density at radius 1 is 1.21 bits per heavy atom. The summed E-state index contributed by atoms with van der Waals surface area (Å²) in [7, 11) is -0.898. The van der Waals surface area contributed by atoms with E-state index in [2.05, 4.69) is 27.2 Å². The van der Waals surface area contributed by atoms with Crippen LogP contribution in [0.1, 0.15) is 24.0 Å². The number of methoxy groups -OCH3 is 1. The molecule has 0 aliphatic heterocycles. The van der Waals surface area contributed by atoms with Gasteiger partial charge in [-0.2, -0.15) is 0 Å². The molecule has 0 atom stereocenters. The Hall–Kier alpha value is -2.32. The van der Waals surface area contributed by atoms with Gasteiger partial charge in [0.1, 0.15) is 10.6 Å². The van der Waals surface area contributed by atoms with Crippen LogP contribution in [0.2, 0.25) is 0 Å². The van der Waals surface area contributed by atoms with E-state index in [9.17, 15) is 8.42 Å². The Bertz CT molecular complexity index is 1230. The van der Waals surface area contributed by atoms with Gasteiger partial charge in [-0.15, -0.1) is 0 Å². The molecule has 1 heterocycles. The second-order valence-electron chi connectivity index (χ2n) is 7.58. The van der Waals surface area contributed by atoms with Crippen LogP contribution >= 0.6 is 15.9 Å². The molecule has 1 aromatic heterocycles. The molecule has 0 bridgehead atoms. The highest BCUT2D eigenvalue weighted by Gasteiger charge is 2.51. The van der Waals surface area contributed by atoms with E-state index in [1.807, 2.05) is 12.1 Å². The zero-order valence-electron chi connectivity index (χ0n) is 16.0. The minimum absolute atomic E-state index is 0.0539. The maximum Gasteiger partial charge on any atom is 0.269 e. The van der Waals surface area contributed by atoms with E-state index >= 15 is 0 Å². The molecule has 2 aromatic carbocycles. The normalized spacial score (nSPS) is 16.2. The summed E-state index contributed by atoms with van der Waals surface area (Å²) in [5.74, 6) is 1.28. The number of benzene rings is 2. The first-order valence-corrected chi connectivity index (χ1v) is 11.5. The van der Waals surface area contributed by atoms with Crippen LogP contribution in [-0.2, 0) is 21.9 Å². The Morgan fingerprint density at radius 3 is 2.69 bits per heavy atom. The minimum atomic E-state index is -3.86. The van der Waals surface area contributed by atoms with Crippen molar-refractivity contribution < 1.29 is 17.7 Å². The summed E-state index contributed by atoms with van der Waals surface area (Å²) in [5.41, 5.74) is 3.14. The van der Waals surface area contributed by atoms with Crippen molar-refractivity contribution in [1.29, 1.82) is 0 Å². The van der Waals surface area contributed by atoms with Gasteiger partial charge in [0.25, 0.3) is 10.0 Å². The molecule has 0 saturated heterocycles. The number of sulfonamides is 1. The van der Waals surface area contributed by atoms with Crippen LogP contribution in [0.5, 0.6) is 5.75 Å². The number of hydrogen-bond donors (Lipinski definition) is 0. The van der Waals surface area contributed by atoms with Crippen molar-refractivity contribution in [2.45, 2.75) is 29.6 Å². The van der Waals surface area contributed by atoms with Crippen LogP contribution in [0.25, 0.3) is 11.3 Å². The third-order valence-electron chi connectivity index (χ3n) is 5.94. The van der Waals surface area contributed by atoms with Crippen molar-refractivity contribution in [3.8, 4) is 17.1 Å². The van der Waals surface area contributed by atoms with Gasteiger partial charge < -0.3 is 9.26 Å². The molecule has 6 nitrogen and oxygen atoms in total. The van der Waals surface area contributed by atoms with Crippen molar-refractivity contribution in [2.75, 3.05) is 18.5 Å². The average molecular weight is 475 g/mol. The van der Waals surface area contributed by atoms with Gasteiger partial charge in [0.15, 0.2) is 11.6 Å². The standard InChI is InChI=1S/C21H19BrN2O4S/c1-24(29(25,26)18-6-4-3-5-17(18)27-2)20-15-12-21(9-10-21)16-8-7-13(22)11-14(16)19(15)28-23-20/h3-8,11H,9-10,12H2,1-2H3. The number of anilines is 1. The first kappa shape index (κ1) is 18.7. The third-order valence-corrected chi connectivity index (χ3v) is 8.22. The summed E-state index contributed by atoms with van der Waals surface area (Å²) in [6, 6.07) is 12.8. The molecule has 1 spiro atoms. The molecule has 0 unspecified atom stereocenters. The lowest BCUT2D eigenvalue weighted by atomic mass is 9.79. The van der Waals surface area contributed by atoms with E-state index in [-0.39, 0.29) is 10.3 Å². The van der Waals surface area contributed by atoms with Crippen LogP contribution in [0.3, 0.4) is 0 Å². The molecule has 2 aliphatic carbocycles. The highest BCUT2D eigenvalue weighted by Crippen LogP contribution is 2.58. The Kier molecular flexibility index (Phi) is 4.08. The van der Waals surface area contributed by atoms with E-state index in [1.54, 1.807) is 18.2 Å². The zero-order chi connectivity index (χ0) is 20.4. The Labute approximate surface area is 177 Å². The van der Waals surface area contributed by atoms with Gasteiger partial charge in [-0.1, -0.05) is 39.3 Å². The summed E-state index contributed by atoms with van der Waals surface area (Å²) < 4.78 is 39.8. The largest absolute Gasteiger partial charge is 0.495 e. The fourth-order valence-corrected chi connectivity index (χ4v) is 5.89. The second kappa shape index (κ2) is 6.34. The number of hydrogen-bond acceptors (Lipinski definition) is 5. The van der Waals surface area contributed by atoms with Crippen LogP contribution in [0.15, 0.2) is 56.4 Å². The molecule has 0 N–H and O–H groups in total. The van der Waals surface area contributed by atoms with Crippen LogP contribution in [-0.4, -0.2) is 27.7 Å². The number of halogens is 1. The maximum absolute atomic E-state index is 13.3. The van der Waals surface area contributed by atoms with E-state index in [0.29, 0.717) is 17.3 Å². The monoisotopic (exact) mass is 474 g/mol. The van der Waals surface area contributed by atoms with Crippen LogP contribution in [0.4, 0.5) is 5.82 Å². The predicted octanol–water partition coefficient (Wildman–Crippen LogP) is 4.53. The van der Waals surface area contributed by atoms with Gasteiger partial charge in [0.05, 0.1) is 7.11 Å². The average Bonchev–Trinajstić information content (AvgIpc) is 3.36. The molecule has 1 fully saturated rings. The summed E-state index contributed by atoms with van der Waals surface area (Å²) in [6.45, 7) is 0. The van der Waals surface area contributed by atoms with Gasteiger partial charge >= 0.3 is 0 Å². The number of fused-ring (bicyclic) bond motifs is 4. The Balaban J connectivity index is 1.64. The van der Waals surface area contributed by atoms with Gasteiger partial charge in [0.2, 0.25) is 0 Å². The van der Waals surface area contributed by atoms with E-state index in [1.165, 1.54) is 30.1 Å². The smallest absolute Gasteiger partial charge is 0.269 e. The SMILES string of the molecule is COc1ccccc1S(=O)(=O)N(C)c1noc2c1CC1(CC1)c1ccc(Br)cc1-2. The molecule has 8 heteroatoms. The summed E-state index contributed by atoms with van der Waals surface area (Å²) in [6.07, 6.45) is 2.88. The van der Waals surface area contributed by atoms with Crippen LogP contribution < -0.4 is 9.04 Å². The van der Waals surface area contributed by atoms with Gasteiger partial charge in [0, 0.05) is 28.1 Å². The number of para-hydroxylation sites is 1. The second-order valence-corrected chi connectivity index (χ2v) is 10.4. The minimum Gasteiger partial charge on any atom is -0.495 e. The predicted molar refractivity (Wildman–Crippen MR) is 113 cm³/mol. The lowest BCUT2D eigenvalue weighted by Crippen LogP contribution is -2.29. The number of nitrogens with zero attached hydrogens (tertiary/aromatic N) is 2. The van der Waals surface area contributed by atoms with Gasteiger partial charge in [-0.25, -0.2) is 12.7 Å². The lowest BCUT2D eigenvalue weighted by Gasteiger charge is -2.26. The maximum atomic E-state index is 13.3. The zero-order valence-corrected chi connectivity index (χ0v) is 18.4. The Morgan fingerprint density at radius 2 is 1.97 bits per heavy atom. The summed E-state index contributed by atoms with van der Waals surface area (Å²) in [4.78, 5) is 0.0989. The molecule has 3 aromatic rings. The van der Waals surface area contributed by atoms with Crippen molar-refractivity contribution in [3.63, 3.8) is 0 Å². The number of ether oxygens (including phenoxy) is 1. The molecular formula is C21H19BrN2O4S. The fraction of sp³-hybridized carbons (Fsp3) is 0.286. The summed E-state index contributed by atoms with van der Waals surface area (Å²) >= 11 is 3.53. The lowest BCUT2D eigenvalue weighted by molar-refractivity contribution is 0.402. The van der Waals surface area contributed by atoms with Gasteiger partial charge in [-0.05, 0) is 49.1 Å². The molecule has 0 amide bonds. The topological polar surface area (TPSA) is 72.6 Å².